The zero-order valence-corrected chi connectivity index (χ0v) is 10.4. The maximum absolute atomic E-state index is 8.74. The van der Waals surface area contributed by atoms with E-state index in [1.165, 1.54) is 0 Å². The number of hydrogen-bond donors (Lipinski definition) is 1. The highest BCUT2D eigenvalue weighted by Gasteiger charge is 2.12. The zero-order chi connectivity index (χ0) is 11.5. The lowest BCUT2D eigenvalue weighted by Gasteiger charge is -2.18. The van der Waals surface area contributed by atoms with Gasteiger partial charge in [-0.1, -0.05) is 20.3 Å². The molecule has 0 aliphatic heterocycles. The highest BCUT2D eigenvalue weighted by atomic mass is 17.2. The standard InChI is InChI=1S/C12H26O3/c1-4-12(10-15-14-5-2)9-11(3)7-6-8-13/h11-13H,4-10H2,1-3H3. The van der Waals surface area contributed by atoms with Crippen LogP contribution in [0.4, 0.5) is 0 Å². The molecule has 0 aromatic rings. The third-order valence-corrected chi connectivity index (χ3v) is 2.67. The van der Waals surface area contributed by atoms with Crippen LogP contribution in [0.15, 0.2) is 0 Å². The lowest BCUT2D eigenvalue weighted by molar-refractivity contribution is -0.298. The summed E-state index contributed by atoms with van der Waals surface area (Å²) in [5, 5.41) is 8.74. The second-order valence-electron chi connectivity index (χ2n) is 4.17. The summed E-state index contributed by atoms with van der Waals surface area (Å²) in [6, 6.07) is 0. The summed E-state index contributed by atoms with van der Waals surface area (Å²) in [5.41, 5.74) is 0. The van der Waals surface area contributed by atoms with Crippen molar-refractivity contribution in [1.29, 1.82) is 0 Å². The Kier molecular flexibility index (Phi) is 10.3. The Morgan fingerprint density at radius 3 is 2.47 bits per heavy atom. The topological polar surface area (TPSA) is 38.7 Å². The normalized spacial score (nSPS) is 15.2. The minimum Gasteiger partial charge on any atom is -0.396 e. The molecule has 0 radical (unpaired) electrons. The van der Waals surface area contributed by atoms with E-state index in [1.807, 2.05) is 6.92 Å². The molecular weight excluding hydrogens is 192 g/mol. The number of hydrogen-bond acceptors (Lipinski definition) is 3. The first kappa shape index (κ1) is 14.9. The molecule has 2 unspecified atom stereocenters. The number of rotatable bonds is 10. The Balaban J connectivity index is 3.57. The SMILES string of the molecule is CCOOCC(CC)CC(C)CCCO. The average Bonchev–Trinajstić information content (AvgIpc) is 2.25. The van der Waals surface area contributed by atoms with Crippen LogP contribution in [0, 0.1) is 11.8 Å². The van der Waals surface area contributed by atoms with Crippen LogP contribution in [0.5, 0.6) is 0 Å². The summed E-state index contributed by atoms with van der Waals surface area (Å²) < 4.78 is 0. The van der Waals surface area contributed by atoms with Crippen LogP contribution in [0.1, 0.15) is 46.5 Å². The molecular formula is C12H26O3. The van der Waals surface area contributed by atoms with Crippen molar-refractivity contribution in [2.45, 2.75) is 46.5 Å². The zero-order valence-electron chi connectivity index (χ0n) is 10.4. The molecule has 0 rings (SSSR count). The van der Waals surface area contributed by atoms with Gasteiger partial charge < -0.3 is 5.11 Å². The van der Waals surface area contributed by atoms with Crippen molar-refractivity contribution in [2.75, 3.05) is 19.8 Å². The predicted molar refractivity (Wildman–Crippen MR) is 61.5 cm³/mol. The summed E-state index contributed by atoms with van der Waals surface area (Å²) in [6.07, 6.45) is 4.28. The van der Waals surface area contributed by atoms with Crippen LogP contribution in [-0.4, -0.2) is 24.9 Å². The third-order valence-electron chi connectivity index (χ3n) is 2.67. The van der Waals surface area contributed by atoms with E-state index in [0.29, 0.717) is 31.7 Å². The maximum atomic E-state index is 8.74. The van der Waals surface area contributed by atoms with Crippen LogP contribution in [0.25, 0.3) is 0 Å². The Bertz CT molecular complexity index is 128. The molecule has 0 aliphatic carbocycles. The summed E-state index contributed by atoms with van der Waals surface area (Å²) in [5.74, 6) is 1.23. The molecule has 3 heteroatoms. The van der Waals surface area contributed by atoms with Gasteiger partial charge in [-0.2, -0.15) is 0 Å². The van der Waals surface area contributed by atoms with Gasteiger partial charge in [0.2, 0.25) is 0 Å². The monoisotopic (exact) mass is 218 g/mol. The van der Waals surface area contributed by atoms with E-state index in [1.54, 1.807) is 0 Å². The Labute approximate surface area is 93.7 Å². The fourth-order valence-electron chi connectivity index (χ4n) is 1.71. The van der Waals surface area contributed by atoms with Gasteiger partial charge in [0.25, 0.3) is 0 Å². The quantitative estimate of drug-likeness (QED) is 0.348. The first-order valence-electron chi connectivity index (χ1n) is 6.09. The summed E-state index contributed by atoms with van der Waals surface area (Å²) in [7, 11) is 0. The van der Waals surface area contributed by atoms with Crippen molar-refractivity contribution < 1.29 is 14.9 Å². The number of aliphatic hydroxyl groups is 1. The summed E-state index contributed by atoms with van der Waals surface area (Å²) >= 11 is 0. The molecule has 0 aliphatic rings. The average molecular weight is 218 g/mol. The minimum absolute atomic E-state index is 0.302. The van der Waals surface area contributed by atoms with E-state index < -0.39 is 0 Å². The molecule has 1 N–H and O–H groups in total. The molecule has 0 amide bonds. The molecule has 0 aromatic heterocycles. The second kappa shape index (κ2) is 10.4. The Morgan fingerprint density at radius 1 is 1.20 bits per heavy atom. The van der Waals surface area contributed by atoms with E-state index in [2.05, 4.69) is 13.8 Å². The van der Waals surface area contributed by atoms with Crippen molar-refractivity contribution in [2.24, 2.45) is 11.8 Å². The Hall–Kier alpha value is -0.120. The summed E-state index contributed by atoms with van der Waals surface area (Å²) in [6.45, 7) is 7.93. The molecule has 3 nitrogen and oxygen atoms in total. The van der Waals surface area contributed by atoms with Gasteiger partial charge in [-0.05, 0) is 38.0 Å². The molecule has 15 heavy (non-hydrogen) atoms. The van der Waals surface area contributed by atoms with Crippen LogP contribution in [0.2, 0.25) is 0 Å². The van der Waals surface area contributed by atoms with E-state index in [0.717, 1.165) is 25.7 Å². The molecule has 0 spiro atoms. The van der Waals surface area contributed by atoms with Crippen LogP contribution < -0.4 is 0 Å². The van der Waals surface area contributed by atoms with Crippen molar-refractivity contribution in [3.05, 3.63) is 0 Å². The van der Waals surface area contributed by atoms with Gasteiger partial charge in [-0.15, -0.1) is 0 Å². The molecule has 92 valence electrons. The van der Waals surface area contributed by atoms with Gasteiger partial charge in [-0.25, -0.2) is 9.78 Å². The Morgan fingerprint density at radius 2 is 1.93 bits per heavy atom. The highest BCUT2D eigenvalue weighted by molar-refractivity contribution is 4.61. The summed E-state index contributed by atoms with van der Waals surface area (Å²) in [4.78, 5) is 9.98. The minimum atomic E-state index is 0.302. The van der Waals surface area contributed by atoms with Gasteiger partial charge >= 0.3 is 0 Å². The lowest BCUT2D eigenvalue weighted by atomic mass is 9.91. The van der Waals surface area contributed by atoms with Gasteiger partial charge in [0.15, 0.2) is 0 Å². The fourth-order valence-corrected chi connectivity index (χ4v) is 1.71. The third kappa shape index (κ3) is 8.85. The molecule has 0 fully saturated rings. The van der Waals surface area contributed by atoms with Gasteiger partial charge in [0, 0.05) is 6.61 Å². The first-order chi connectivity index (χ1) is 7.24. The molecule has 0 bridgehead atoms. The fraction of sp³-hybridized carbons (Fsp3) is 1.00. The largest absolute Gasteiger partial charge is 0.396 e. The van der Waals surface area contributed by atoms with Crippen LogP contribution >= 0.6 is 0 Å². The van der Waals surface area contributed by atoms with E-state index in [4.69, 9.17) is 14.9 Å². The van der Waals surface area contributed by atoms with Crippen molar-refractivity contribution >= 4 is 0 Å². The van der Waals surface area contributed by atoms with Gasteiger partial charge in [-0.3, -0.25) is 0 Å². The first-order valence-corrected chi connectivity index (χ1v) is 6.09. The van der Waals surface area contributed by atoms with Gasteiger partial charge in [0.05, 0.1) is 13.2 Å². The van der Waals surface area contributed by atoms with Crippen molar-refractivity contribution in [1.82, 2.24) is 0 Å². The molecule has 0 heterocycles. The van der Waals surface area contributed by atoms with Crippen molar-refractivity contribution in [3.8, 4) is 0 Å². The van der Waals surface area contributed by atoms with E-state index in [9.17, 15) is 0 Å². The van der Waals surface area contributed by atoms with Crippen molar-refractivity contribution in [3.63, 3.8) is 0 Å². The lowest BCUT2D eigenvalue weighted by Crippen LogP contribution is -2.13. The molecule has 0 saturated heterocycles. The van der Waals surface area contributed by atoms with Crippen LogP contribution in [-0.2, 0) is 9.78 Å². The highest BCUT2D eigenvalue weighted by Crippen LogP contribution is 2.19. The number of aliphatic hydroxyl groups excluding tert-OH is 1. The predicted octanol–water partition coefficient (Wildman–Crippen LogP) is 2.78. The molecule has 2 atom stereocenters. The van der Waals surface area contributed by atoms with Gasteiger partial charge in [0.1, 0.15) is 0 Å². The second-order valence-corrected chi connectivity index (χ2v) is 4.17. The molecule has 0 saturated carbocycles. The van der Waals surface area contributed by atoms with Crippen LogP contribution in [0.3, 0.4) is 0 Å². The smallest absolute Gasteiger partial charge is 0.0850 e. The van der Waals surface area contributed by atoms with E-state index >= 15 is 0 Å². The molecule has 0 aromatic carbocycles. The van der Waals surface area contributed by atoms with E-state index in [-0.39, 0.29) is 0 Å². The maximum Gasteiger partial charge on any atom is 0.0850 e.